The first-order chi connectivity index (χ1) is 11.6. The second-order valence-corrected chi connectivity index (χ2v) is 5.17. The highest BCUT2D eigenvalue weighted by Gasteiger charge is 2.17. The third kappa shape index (κ3) is 4.82. The van der Waals surface area contributed by atoms with Crippen LogP contribution in [0.4, 0.5) is 0 Å². The highest BCUT2D eigenvalue weighted by molar-refractivity contribution is 5.97. The van der Waals surface area contributed by atoms with Crippen LogP contribution in [-0.4, -0.2) is 17.9 Å². The zero-order chi connectivity index (χ0) is 17.4. The van der Waals surface area contributed by atoms with Crippen molar-refractivity contribution in [1.82, 2.24) is 5.32 Å². The summed E-state index contributed by atoms with van der Waals surface area (Å²) in [6.45, 7) is 0. The average Bonchev–Trinajstić information content (AvgIpc) is 2.61. The number of nitriles is 1. The Morgan fingerprint density at radius 1 is 1.12 bits per heavy atom. The number of amides is 2. The van der Waals surface area contributed by atoms with Gasteiger partial charge in [-0.1, -0.05) is 42.5 Å². The SMILES string of the molecule is N#Cc1ccc(C(=O)N[C@H](C/C=C/c2ccccc2)C(N)=O)cc1. The van der Waals surface area contributed by atoms with Crippen molar-refractivity contribution < 1.29 is 9.59 Å². The molecular formula is C19H17N3O2. The van der Waals surface area contributed by atoms with Gasteiger partial charge in [0.15, 0.2) is 0 Å². The summed E-state index contributed by atoms with van der Waals surface area (Å²) in [5.74, 6) is -1.01. The number of carbonyl (C=O) groups excluding carboxylic acids is 2. The molecule has 0 aromatic heterocycles. The summed E-state index contributed by atoms with van der Waals surface area (Å²) in [6, 6.07) is 17.0. The first-order valence-corrected chi connectivity index (χ1v) is 7.42. The molecule has 0 bridgehead atoms. The van der Waals surface area contributed by atoms with Crippen molar-refractivity contribution in [3.63, 3.8) is 0 Å². The van der Waals surface area contributed by atoms with E-state index < -0.39 is 17.9 Å². The van der Waals surface area contributed by atoms with Crippen molar-refractivity contribution in [3.8, 4) is 6.07 Å². The van der Waals surface area contributed by atoms with Crippen LogP contribution >= 0.6 is 0 Å². The van der Waals surface area contributed by atoms with Crippen LogP contribution in [-0.2, 0) is 4.79 Å². The Labute approximate surface area is 140 Å². The number of hydrogen-bond donors (Lipinski definition) is 2. The lowest BCUT2D eigenvalue weighted by Gasteiger charge is -2.13. The molecule has 0 saturated heterocycles. The van der Waals surface area contributed by atoms with E-state index in [1.54, 1.807) is 18.2 Å². The van der Waals surface area contributed by atoms with E-state index in [0.717, 1.165) is 5.56 Å². The van der Waals surface area contributed by atoms with Gasteiger partial charge in [-0.2, -0.15) is 5.26 Å². The fourth-order valence-electron chi connectivity index (χ4n) is 2.09. The Morgan fingerprint density at radius 3 is 2.38 bits per heavy atom. The molecule has 0 aliphatic heterocycles. The predicted molar refractivity (Wildman–Crippen MR) is 91.7 cm³/mol. The lowest BCUT2D eigenvalue weighted by molar-refractivity contribution is -0.119. The van der Waals surface area contributed by atoms with Gasteiger partial charge < -0.3 is 11.1 Å². The molecule has 2 aromatic rings. The maximum Gasteiger partial charge on any atom is 0.251 e. The van der Waals surface area contributed by atoms with Crippen LogP contribution in [0.15, 0.2) is 60.7 Å². The van der Waals surface area contributed by atoms with Gasteiger partial charge in [0.25, 0.3) is 5.91 Å². The minimum Gasteiger partial charge on any atom is -0.368 e. The van der Waals surface area contributed by atoms with Crippen LogP contribution < -0.4 is 11.1 Å². The summed E-state index contributed by atoms with van der Waals surface area (Å²) < 4.78 is 0. The molecule has 120 valence electrons. The molecule has 5 heteroatoms. The lowest BCUT2D eigenvalue weighted by Crippen LogP contribution is -2.44. The third-order valence-corrected chi connectivity index (χ3v) is 3.41. The molecule has 1 atom stereocenters. The largest absolute Gasteiger partial charge is 0.368 e. The van der Waals surface area contributed by atoms with Gasteiger partial charge in [0, 0.05) is 5.56 Å². The monoisotopic (exact) mass is 319 g/mol. The molecule has 0 fully saturated rings. The summed E-state index contributed by atoms with van der Waals surface area (Å²) in [7, 11) is 0. The minimum atomic E-state index is -0.798. The average molecular weight is 319 g/mol. The van der Waals surface area contributed by atoms with Crippen LogP contribution in [0.25, 0.3) is 6.08 Å². The minimum absolute atomic E-state index is 0.298. The fraction of sp³-hybridized carbons (Fsp3) is 0.105. The number of hydrogen-bond acceptors (Lipinski definition) is 3. The highest BCUT2D eigenvalue weighted by atomic mass is 16.2. The van der Waals surface area contributed by atoms with Gasteiger partial charge in [-0.3, -0.25) is 9.59 Å². The standard InChI is InChI=1S/C19H17N3O2/c20-13-15-9-11-16(12-10-15)19(24)22-17(18(21)23)8-4-7-14-5-2-1-3-6-14/h1-7,9-12,17H,8H2,(H2,21,23)(H,22,24)/b7-4+/t17-/m1/s1. The van der Waals surface area contributed by atoms with Gasteiger partial charge in [0.2, 0.25) is 5.91 Å². The van der Waals surface area contributed by atoms with E-state index in [0.29, 0.717) is 17.5 Å². The normalized spacial score (nSPS) is 11.6. The Balaban J connectivity index is 2.00. The predicted octanol–water partition coefficient (Wildman–Crippen LogP) is 2.25. The van der Waals surface area contributed by atoms with E-state index in [2.05, 4.69) is 5.32 Å². The molecule has 5 nitrogen and oxygen atoms in total. The van der Waals surface area contributed by atoms with E-state index >= 15 is 0 Å². The molecule has 0 radical (unpaired) electrons. The van der Waals surface area contributed by atoms with Crippen molar-refractivity contribution in [2.75, 3.05) is 0 Å². The zero-order valence-electron chi connectivity index (χ0n) is 13.0. The Kier molecular flexibility index (Phi) is 5.87. The smallest absolute Gasteiger partial charge is 0.251 e. The van der Waals surface area contributed by atoms with Gasteiger partial charge in [-0.15, -0.1) is 0 Å². The molecular weight excluding hydrogens is 302 g/mol. The van der Waals surface area contributed by atoms with E-state index in [9.17, 15) is 9.59 Å². The van der Waals surface area contributed by atoms with E-state index in [-0.39, 0.29) is 0 Å². The second kappa shape index (κ2) is 8.30. The number of primary amides is 1. The highest BCUT2D eigenvalue weighted by Crippen LogP contribution is 2.06. The van der Waals surface area contributed by atoms with Crippen LogP contribution in [0.1, 0.15) is 27.9 Å². The number of carbonyl (C=O) groups is 2. The van der Waals surface area contributed by atoms with Crippen LogP contribution in [0.3, 0.4) is 0 Å². The van der Waals surface area contributed by atoms with E-state index in [4.69, 9.17) is 11.0 Å². The number of nitrogens with one attached hydrogen (secondary N) is 1. The summed E-state index contributed by atoms with van der Waals surface area (Å²) in [4.78, 5) is 23.7. The molecule has 24 heavy (non-hydrogen) atoms. The molecule has 0 unspecified atom stereocenters. The summed E-state index contributed by atoms with van der Waals surface area (Å²) >= 11 is 0. The Bertz CT molecular complexity index is 775. The van der Waals surface area contributed by atoms with Crippen LogP contribution in [0, 0.1) is 11.3 Å². The van der Waals surface area contributed by atoms with Crippen molar-refractivity contribution >= 4 is 17.9 Å². The topological polar surface area (TPSA) is 96.0 Å². The van der Waals surface area contributed by atoms with Gasteiger partial charge in [0.1, 0.15) is 6.04 Å². The molecule has 2 rings (SSSR count). The van der Waals surface area contributed by atoms with Gasteiger partial charge in [-0.05, 0) is 36.2 Å². The van der Waals surface area contributed by atoms with Crippen LogP contribution in [0.2, 0.25) is 0 Å². The molecule has 0 heterocycles. The van der Waals surface area contributed by atoms with Crippen molar-refractivity contribution in [3.05, 3.63) is 77.4 Å². The van der Waals surface area contributed by atoms with E-state index in [1.165, 1.54) is 12.1 Å². The lowest BCUT2D eigenvalue weighted by atomic mass is 10.1. The molecule has 0 aliphatic carbocycles. The first kappa shape index (κ1) is 17.0. The summed E-state index contributed by atoms with van der Waals surface area (Å²) in [5, 5.41) is 11.4. The third-order valence-electron chi connectivity index (χ3n) is 3.41. The molecule has 2 aromatic carbocycles. The van der Waals surface area contributed by atoms with Gasteiger partial charge in [0.05, 0.1) is 11.6 Å². The summed E-state index contributed by atoms with van der Waals surface area (Å²) in [5.41, 5.74) is 7.19. The molecule has 0 saturated carbocycles. The van der Waals surface area contributed by atoms with Gasteiger partial charge >= 0.3 is 0 Å². The van der Waals surface area contributed by atoms with Crippen LogP contribution in [0.5, 0.6) is 0 Å². The Hall–Kier alpha value is -3.39. The van der Waals surface area contributed by atoms with Crippen molar-refractivity contribution in [2.45, 2.75) is 12.5 Å². The van der Waals surface area contributed by atoms with Gasteiger partial charge in [-0.25, -0.2) is 0 Å². The number of nitrogens with zero attached hydrogens (tertiary/aromatic N) is 1. The second-order valence-electron chi connectivity index (χ2n) is 5.17. The Morgan fingerprint density at radius 2 is 1.79 bits per heavy atom. The van der Waals surface area contributed by atoms with Crippen molar-refractivity contribution in [2.24, 2.45) is 5.73 Å². The number of nitrogens with two attached hydrogens (primary N) is 1. The fourth-order valence-corrected chi connectivity index (χ4v) is 2.09. The van der Waals surface area contributed by atoms with E-state index in [1.807, 2.05) is 42.5 Å². The first-order valence-electron chi connectivity index (χ1n) is 7.42. The quantitative estimate of drug-likeness (QED) is 0.854. The molecule has 2 amide bonds. The number of benzene rings is 2. The van der Waals surface area contributed by atoms with Crippen molar-refractivity contribution in [1.29, 1.82) is 5.26 Å². The zero-order valence-corrected chi connectivity index (χ0v) is 13.0. The number of rotatable bonds is 6. The maximum absolute atomic E-state index is 12.2. The molecule has 0 spiro atoms. The molecule has 0 aliphatic rings. The summed E-state index contributed by atoms with van der Waals surface area (Å²) in [6.07, 6.45) is 3.96. The molecule has 3 N–H and O–H groups in total. The maximum atomic E-state index is 12.2.